The Kier molecular flexibility index (Phi) is 5.03. The van der Waals surface area contributed by atoms with Crippen molar-refractivity contribution in [3.8, 4) is 0 Å². The molecule has 1 atom stereocenters. The van der Waals surface area contributed by atoms with Crippen molar-refractivity contribution in [1.82, 2.24) is 10.2 Å². The summed E-state index contributed by atoms with van der Waals surface area (Å²) < 4.78 is 31.7. The van der Waals surface area contributed by atoms with Crippen LogP contribution >= 0.6 is 0 Å². The van der Waals surface area contributed by atoms with Crippen LogP contribution in [0.2, 0.25) is 0 Å². The highest BCUT2D eigenvalue weighted by Crippen LogP contribution is 2.25. The van der Waals surface area contributed by atoms with Crippen LogP contribution in [-0.2, 0) is 9.53 Å². The third-order valence-electron chi connectivity index (χ3n) is 3.33. The number of hydrogen-bond donors (Lipinski definition) is 1. The molecule has 6 heteroatoms. The van der Waals surface area contributed by atoms with Gasteiger partial charge in [-0.2, -0.15) is 0 Å². The van der Waals surface area contributed by atoms with Crippen LogP contribution in [-0.4, -0.2) is 37.6 Å². The molecule has 1 aliphatic rings. The van der Waals surface area contributed by atoms with Gasteiger partial charge in [-0.05, 0) is 25.0 Å². The Balaban J connectivity index is 2.07. The third-order valence-corrected chi connectivity index (χ3v) is 3.33. The monoisotopic (exact) mass is 284 g/mol. The summed E-state index contributed by atoms with van der Waals surface area (Å²) in [6.07, 6.45) is 1.09. The first-order chi connectivity index (χ1) is 9.63. The van der Waals surface area contributed by atoms with Gasteiger partial charge in [-0.15, -0.1) is 0 Å². The molecule has 1 aromatic carbocycles. The molecule has 20 heavy (non-hydrogen) atoms. The topological polar surface area (TPSA) is 41.6 Å². The maximum Gasteiger partial charge on any atom is 0.238 e. The quantitative estimate of drug-likeness (QED) is 0.810. The van der Waals surface area contributed by atoms with Crippen molar-refractivity contribution in [2.24, 2.45) is 0 Å². The lowest BCUT2D eigenvalue weighted by Crippen LogP contribution is -2.32. The molecular formula is C14H18F2N2O2. The molecule has 1 amide bonds. The number of benzene rings is 1. The zero-order valence-corrected chi connectivity index (χ0v) is 11.4. The Morgan fingerprint density at radius 3 is 2.90 bits per heavy atom. The summed E-state index contributed by atoms with van der Waals surface area (Å²) in [6, 6.07) is 3.41. The van der Waals surface area contributed by atoms with E-state index in [4.69, 9.17) is 4.74 Å². The molecule has 1 saturated heterocycles. The van der Waals surface area contributed by atoms with E-state index in [1.807, 2.05) is 0 Å². The summed E-state index contributed by atoms with van der Waals surface area (Å²) in [5, 5.41) is 2.96. The van der Waals surface area contributed by atoms with Crippen LogP contribution in [0.5, 0.6) is 0 Å². The zero-order valence-electron chi connectivity index (χ0n) is 11.4. The zero-order chi connectivity index (χ0) is 14.5. The minimum Gasteiger partial charge on any atom is -0.385 e. The Hall–Kier alpha value is -1.53. The molecule has 0 bridgehead atoms. The van der Waals surface area contributed by atoms with E-state index in [-0.39, 0.29) is 12.5 Å². The van der Waals surface area contributed by atoms with E-state index in [9.17, 15) is 13.6 Å². The summed E-state index contributed by atoms with van der Waals surface area (Å²) in [6.45, 7) is 1.33. The first kappa shape index (κ1) is 14.9. The molecule has 0 saturated carbocycles. The predicted octanol–water partition coefficient (Wildman–Crippen LogP) is 1.82. The second-order valence-corrected chi connectivity index (χ2v) is 4.74. The number of unbranched alkanes of at least 4 members (excludes halogenated alkanes) is 1. The Bertz CT molecular complexity index is 482. The fourth-order valence-corrected chi connectivity index (χ4v) is 2.32. The molecule has 1 N–H and O–H groups in total. The first-order valence-corrected chi connectivity index (χ1v) is 6.60. The molecule has 0 spiro atoms. The smallest absolute Gasteiger partial charge is 0.238 e. The lowest BCUT2D eigenvalue weighted by molar-refractivity contribution is -0.128. The maximum atomic E-state index is 13.8. The molecule has 1 fully saturated rings. The number of nitrogens with zero attached hydrogens (tertiary/aromatic N) is 1. The molecule has 0 aliphatic carbocycles. The Morgan fingerprint density at radius 2 is 2.20 bits per heavy atom. The lowest BCUT2D eigenvalue weighted by Gasteiger charge is -2.25. The molecule has 1 aromatic rings. The van der Waals surface area contributed by atoms with Gasteiger partial charge >= 0.3 is 0 Å². The van der Waals surface area contributed by atoms with Gasteiger partial charge in [-0.3, -0.25) is 10.1 Å². The summed E-state index contributed by atoms with van der Waals surface area (Å²) in [5.41, 5.74) is 0.295. The number of methoxy groups -OCH3 is 1. The largest absolute Gasteiger partial charge is 0.385 e. The van der Waals surface area contributed by atoms with E-state index >= 15 is 0 Å². The van der Waals surface area contributed by atoms with Gasteiger partial charge in [-0.25, -0.2) is 8.78 Å². The predicted molar refractivity (Wildman–Crippen MR) is 69.9 cm³/mol. The average molecular weight is 284 g/mol. The first-order valence-electron chi connectivity index (χ1n) is 6.60. The van der Waals surface area contributed by atoms with E-state index < -0.39 is 17.8 Å². The number of amides is 1. The van der Waals surface area contributed by atoms with Crippen LogP contribution in [0.1, 0.15) is 24.6 Å². The van der Waals surface area contributed by atoms with Gasteiger partial charge in [0.1, 0.15) is 17.8 Å². The molecule has 0 aromatic heterocycles. The van der Waals surface area contributed by atoms with E-state index in [2.05, 4.69) is 5.32 Å². The number of ether oxygens (including phenoxy) is 1. The number of carbonyl (C=O) groups is 1. The van der Waals surface area contributed by atoms with Gasteiger partial charge in [-0.1, -0.05) is 0 Å². The normalized spacial score (nSPS) is 18.9. The number of hydrogen-bond acceptors (Lipinski definition) is 3. The van der Waals surface area contributed by atoms with Gasteiger partial charge < -0.3 is 9.64 Å². The molecule has 1 heterocycles. The maximum absolute atomic E-state index is 13.8. The number of nitrogens with one attached hydrogen (secondary N) is 1. The van der Waals surface area contributed by atoms with Crippen LogP contribution in [0.25, 0.3) is 0 Å². The van der Waals surface area contributed by atoms with Gasteiger partial charge in [0.25, 0.3) is 0 Å². The Labute approximate surface area is 116 Å². The number of carbonyl (C=O) groups excluding carboxylic acids is 1. The van der Waals surface area contributed by atoms with Crippen LogP contribution in [0.3, 0.4) is 0 Å². The van der Waals surface area contributed by atoms with Crippen molar-refractivity contribution in [3.63, 3.8) is 0 Å². The molecule has 1 aliphatic heterocycles. The highest BCUT2D eigenvalue weighted by Gasteiger charge is 2.32. The van der Waals surface area contributed by atoms with Crippen molar-refractivity contribution >= 4 is 5.91 Å². The van der Waals surface area contributed by atoms with Crippen molar-refractivity contribution in [2.75, 3.05) is 26.8 Å². The van der Waals surface area contributed by atoms with Gasteiger partial charge in [0.2, 0.25) is 5.91 Å². The molecular weight excluding hydrogens is 266 g/mol. The Morgan fingerprint density at radius 1 is 1.40 bits per heavy atom. The van der Waals surface area contributed by atoms with Crippen molar-refractivity contribution in [3.05, 3.63) is 35.4 Å². The van der Waals surface area contributed by atoms with Crippen LogP contribution in [0.15, 0.2) is 18.2 Å². The second-order valence-electron chi connectivity index (χ2n) is 4.74. The van der Waals surface area contributed by atoms with Crippen molar-refractivity contribution < 1.29 is 18.3 Å². The summed E-state index contributed by atoms with van der Waals surface area (Å²) in [4.78, 5) is 13.4. The molecule has 4 nitrogen and oxygen atoms in total. The fourth-order valence-electron chi connectivity index (χ4n) is 2.32. The van der Waals surface area contributed by atoms with E-state index in [1.165, 1.54) is 12.1 Å². The summed E-state index contributed by atoms with van der Waals surface area (Å²) >= 11 is 0. The molecule has 2 rings (SSSR count). The minimum absolute atomic E-state index is 0.0730. The highest BCUT2D eigenvalue weighted by molar-refractivity contribution is 5.80. The summed E-state index contributed by atoms with van der Waals surface area (Å²) in [5.74, 6) is -1.34. The molecule has 0 radical (unpaired) electrons. The average Bonchev–Trinajstić information content (AvgIpc) is 2.76. The second kappa shape index (κ2) is 6.76. The summed E-state index contributed by atoms with van der Waals surface area (Å²) in [7, 11) is 1.62. The minimum atomic E-state index is -0.640. The lowest BCUT2D eigenvalue weighted by atomic mass is 10.1. The van der Waals surface area contributed by atoms with E-state index in [1.54, 1.807) is 12.0 Å². The van der Waals surface area contributed by atoms with Crippen LogP contribution in [0.4, 0.5) is 8.78 Å². The SMILES string of the molecule is COCCCCN1C(=O)CNC1c1ccc(F)cc1F. The van der Waals surface area contributed by atoms with Crippen LogP contribution < -0.4 is 5.32 Å². The highest BCUT2D eigenvalue weighted by atomic mass is 19.1. The fraction of sp³-hybridized carbons (Fsp3) is 0.500. The van der Waals surface area contributed by atoms with E-state index in [0.717, 1.165) is 18.9 Å². The standard InChI is InChI=1S/C14H18F2N2O2/c1-20-7-3-2-6-18-13(19)9-17-14(18)11-5-4-10(15)8-12(11)16/h4-5,8,14,17H,2-3,6-7,9H2,1H3. The molecule has 1 unspecified atom stereocenters. The van der Waals surface area contributed by atoms with Gasteiger partial charge in [0.15, 0.2) is 0 Å². The molecule has 110 valence electrons. The number of halogens is 2. The number of rotatable bonds is 6. The van der Waals surface area contributed by atoms with Crippen LogP contribution in [0, 0.1) is 11.6 Å². The van der Waals surface area contributed by atoms with Gasteiger partial charge in [0, 0.05) is 31.9 Å². The van der Waals surface area contributed by atoms with Crippen molar-refractivity contribution in [1.29, 1.82) is 0 Å². The van der Waals surface area contributed by atoms with Gasteiger partial charge in [0.05, 0.1) is 6.54 Å². The third kappa shape index (κ3) is 3.32. The van der Waals surface area contributed by atoms with E-state index in [0.29, 0.717) is 18.7 Å². The van der Waals surface area contributed by atoms with Crippen molar-refractivity contribution in [2.45, 2.75) is 19.0 Å².